The van der Waals surface area contributed by atoms with Crippen LogP contribution in [0.4, 0.5) is 11.6 Å². The Morgan fingerprint density at radius 3 is 2.59 bits per heavy atom. The van der Waals surface area contributed by atoms with Crippen molar-refractivity contribution in [3.8, 4) is 0 Å². The van der Waals surface area contributed by atoms with Crippen LogP contribution in [-0.4, -0.2) is 66.0 Å². The Kier molecular flexibility index (Phi) is 6.45. The van der Waals surface area contributed by atoms with Gasteiger partial charge in [0.25, 0.3) is 5.91 Å². The van der Waals surface area contributed by atoms with Crippen molar-refractivity contribution < 1.29 is 14.3 Å². The Balaban J connectivity index is 1.54. The second-order valence-corrected chi connectivity index (χ2v) is 6.23. The lowest BCUT2D eigenvalue weighted by molar-refractivity contribution is 0.0398. The number of rotatable bonds is 7. The zero-order chi connectivity index (χ0) is 19.1. The van der Waals surface area contributed by atoms with Crippen LogP contribution in [0.1, 0.15) is 27.8 Å². The first kappa shape index (κ1) is 18.9. The monoisotopic (exact) mass is 369 g/mol. The Bertz CT molecular complexity index is 788. The summed E-state index contributed by atoms with van der Waals surface area (Å²) >= 11 is 0. The summed E-state index contributed by atoms with van der Waals surface area (Å²) in [6, 6.07) is 8.30. The lowest BCUT2D eigenvalue weighted by atomic mass is 10.1. The number of benzene rings is 1. The maximum absolute atomic E-state index is 12.4. The fourth-order valence-corrected chi connectivity index (χ4v) is 2.70. The molecule has 8 heteroatoms. The lowest BCUT2D eigenvalue weighted by Gasteiger charge is -2.26. The van der Waals surface area contributed by atoms with Crippen molar-refractivity contribution in [1.82, 2.24) is 14.9 Å². The number of nitrogens with one attached hydrogen (secondary N) is 2. The minimum atomic E-state index is -0.329. The molecule has 0 aliphatic carbocycles. The number of aromatic nitrogens is 2. The van der Waals surface area contributed by atoms with E-state index in [0.29, 0.717) is 23.7 Å². The third-order valence-corrected chi connectivity index (χ3v) is 4.25. The van der Waals surface area contributed by atoms with E-state index in [1.807, 2.05) is 0 Å². The predicted octanol–water partition coefficient (Wildman–Crippen LogP) is 1.68. The summed E-state index contributed by atoms with van der Waals surface area (Å²) in [5.74, 6) is 0.0727. The summed E-state index contributed by atoms with van der Waals surface area (Å²) in [5.41, 5.74) is 1.47. The molecule has 1 aliphatic heterocycles. The molecule has 8 nitrogen and oxygen atoms in total. The normalized spacial score (nSPS) is 14.6. The number of anilines is 2. The standard InChI is InChI=1S/C19H23N5O3/c1-14(25)15-2-4-16(5-3-15)22-18(26)17-6-7-20-19(23-17)21-8-9-24-10-12-27-13-11-24/h2-7H,8-13H2,1H3,(H,22,26)(H,20,21,23). The first-order chi connectivity index (χ1) is 13.1. The zero-order valence-corrected chi connectivity index (χ0v) is 15.3. The molecule has 3 rings (SSSR count). The highest BCUT2D eigenvalue weighted by Crippen LogP contribution is 2.12. The molecule has 0 radical (unpaired) electrons. The average Bonchev–Trinajstić information content (AvgIpc) is 2.69. The van der Waals surface area contributed by atoms with Crippen molar-refractivity contribution in [3.63, 3.8) is 0 Å². The van der Waals surface area contributed by atoms with Gasteiger partial charge >= 0.3 is 0 Å². The van der Waals surface area contributed by atoms with E-state index in [1.165, 1.54) is 6.92 Å². The zero-order valence-electron chi connectivity index (χ0n) is 15.3. The van der Waals surface area contributed by atoms with Gasteiger partial charge in [0, 0.05) is 43.6 Å². The van der Waals surface area contributed by atoms with Crippen LogP contribution in [0.15, 0.2) is 36.5 Å². The lowest BCUT2D eigenvalue weighted by Crippen LogP contribution is -2.39. The molecule has 142 valence electrons. The second kappa shape index (κ2) is 9.20. The maximum atomic E-state index is 12.4. The van der Waals surface area contributed by atoms with Gasteiger partial charge in [-0.3, -0.25) is 14.5 Å². The van der Waals surface area contributed by atoms with E-state index in [4.69, 9.17) is 4.74 Å². The van der Waals surface area contributed by atoms with Crippen molar-refractivity contribution in [2.75, 3.05) is 50.0 Å². The van der Waals surface area contributed by atoms with E-state index >= 15 is 0 Å². The molecule has 2 aromatic rings. The van der Waals surface area contributed by atoms with Crippen LogP contribution in [-0.2, 0) is 4.74 Å². The van der Waals surface area contributed by atoms with Crippen LogP contribution in [0.5, 0.6) is 0 Å². The molecular formula is C19H23N5O3. The van der Waals surface area contributed by atoms with E-state index in [-0.39, 0.29) is 17.4 Å². The van der Waals surface area contributed by atoms with Gasteiger partial charge in [0.15, 0.2) is 5.78 Å². The first-order valence-corrected chi connectivity index (χ1v) is 8.91. The molecule has 1 amide bonds. The summed E-state index contributed by atoms with van der Waals surface area (Å²) in [4.78, 5) is 34.4. The minimum Gasteiger partial charge on any atom is -0.379 e. The smallest absolute Gasteiger partial charge is 0.274 e. The summed E-state index contributed by atoms with van der Waals surface area (Å²) in [5, 5.41) is 5.92. The summed E-state index contributed by atoms with van der Waals surface area (Å²) < 4.78 is 5.33. The highest BCUT2D eigenvalue weighted by atomic mass is 16.5. The molecule has 0 saturated carbocycles. The van der Waals surface area contributed by atoms with E-state index in [1.54, 1.807) is 36.5 Å². The molecule has 0 bridgehead atoms. The average molecular weight is 369 g/mol. The van der Waals surface area contributed by atoms with Crippen LogP contribution < -0.4 is 10.6 Å². The predicted molar refractivity (Wildman–Crippen MR) is 102 cm³/mol. The van der Waals surface area contributed by atoms with Crippen molar-refractivity contribution in [2.24, 2.45) is 0 Å². The number of carbonyl (C=O) groups is 2. The number of ketones is 1. The van der Waals surface area contributed by atoms with E-state index in [9.17, 15) is 9.59 Å². The quantitative estimate of drug-likeness (QED) is 0.717. The molecule has 0 atom stereocenters. The molecule has 27 heavy (non-hydrogen) atoms. The fourth-order valence-electron chi connectivity index (χ4n) is 2.70. The Morgan fingerprint density at radius 2 is 1.89 bits per heavy atom. The third-order valence-electron chi connectivity index (χ3n) is 4.25. The van der Waals surface area contributed by atoms with Crippen LogP contribution in [0, 0.1) is 0 Å². The molecule has 0 spiro atoms. The summed E-state index contributed by atoms with van der Waals surface area (Å²) in [7, 11) is 0. The highest BCUT2D eigenvalue weighted by molar-refractivity contribution is 6.03. The highest BCUT2D eigenvalue weighted by Gasteiger charge is 2.11. The Labute approximate surface area is 158 Å². The van der Waals surface area contributed by atoms with E-state index < -0.39 is 0 Å². The van der Waals surface area contributed by atoms with Gasteiger partial charge in [-0.15, -0.1) is 0 Å². The molecule has 1 aliphatic rings. The third kappa shape index (κ3) is 5.57. The van der Waals surface area contributed by atoms with Gasteiger partial charge in [0.05, 0.1) is 13.2 Å². The summed E-state index contributed by atoms with van der Waals surface area (Å²) in [6.07, 6.45) is 1.55. The maximum Gasteiger partial charge on any atom is 0.274 e. The van der Waals surface area contributed by atoms with Crippen LogP contribution in [0.25, 0.3) is 0 Å². The number of morpholine rings is 1. The van der Waals surface area contributed by atoms with Gasteiger partial charge in [-0.2, -0.15) is 0 Å². The second-order valence-electron chi connectivity index (χ2n) is 6.23. The van der Waals surface area contributed by atoms with Crippen LogP contribution in [0.2, 0.25) is 0 Å². The van der Waals surface area contributed by atoms with Crippen molar-refractivity contribution in [2.45, 2.75) is 6.92 Å². The number of ether oxygens (including phenoxy) is 1. The number of hydrogen-bond donors (Lipinski definition) is 2. The molecule has 2 heterocycles. The van der Waals surface area contributed by atoms with Gasteiger partial charge in [-0.25, -0.2) is 9.97 Å². The number of amides is 1. The topological polar surface area (TPSA) is 96.5 Å². The van der Waals surface area contributed by atoms with Gasteiger partial charge in [-0.1, -0.05) is 0 Å². The van der Waals surface area contributed by atoms with E-state index in [0.717, 1.165) is 32.8 Å². The largest absolute Gasteiger partial charge is 0.379 e. The number of carbonyl (C=O) groups excluding carboxylic acids is 2. The molecule has 1 saturated heterocycles. The fraction of sp³-hybridized carbons (Fsp3) is 0.368. The molecule has 0 unspecified atom stereocenters. The van der Waals surface area contributed by atoms with E-state index in [2.05, 4.69) is 25.5 Å². The number of nitrogens with zero attached hydrogens (tertiary/aromatic N) is 3. The molecular weight excluding hydrogens is 346 g/mol. The Hall–Kier alpha value is -2.84. The van der Waals surface area contributed by atoms with Crippen LogP contribution in [0.3, 0.4) is 0 Å². The van der Waals surface area contributed by atoms with Gasteiger partial charge in [-0.05, 0) is 37.3 Å². The molecule has 1 aromatic heterocycles. The minimum absolute atomic E-state index is 0.0172. The molecule has 1 fully saturated rings. The first-order valence-electron chi connectivity index (χ1n) is 8.91. The van der Waals surface area contributed by atoms with Gasteiger partial charge in [0.1, 0.15) is 5.69 Å². The van der Waals surface area contributed by atoms with Crippen LogP contribution >= 0.6 is 0 Å². The summed E-state index contributed by atoms with van der Waals surface area (Å²) in [6.45, 7) is 6.44. The van der Waals surface area contributed by atoms with Gasteiger partial charge < -0.3 is 15.4 Å². The number of hydrogen-bond acceptors (Lipinski definition) is 7. The molecule has 1 aromatic carbocycles. The van der Waals surface area contributed by atoms with Crippen molar-refractivity contribution in [1.29, 1.82) is 0 Å². The Morgan fingerprint density at radius 1 is 1.15 bits per heavy atom. The number of Topliss-reactive ketones (excluding diaryl/α,β-unsaturated/α-hetero) is 1. The van der Waals surface area contributed by atoms with Crippen molar-refractivity contribution >= 4 is 23.3 Å². The van der Waals surface area contributed by atoms with Gasteiger partial charge in [0.2, 0.25) is 5.95 Å². The molecule has 2 N–H and O–H groups in total. The van der Waals surface area contributed by atoms with Crippen molar-refractivity contribution in [3.05, 3.63) is 47.8 Å². The SMILES string of the molecule is CC(=O)c1ccc(NC(=O)c2ccnc(NCCN3CCOCC3)n2)cc1.